The Morgan fingerprint density at radius 3 is 2.06 bits per heavy atom. The SMILES string of the molecule is C=Cc1c(C)c2cc3nc(c(CC(=O)NCCOCCOCCNC(=O)COC(NC(=O)c4ccc(NCc5cnc6nc(N)nc(O)c6n5)cc4)C(=O)O)c4[nH]c(cc5nc(cc1[nH]2)C(C)=C5CC)c(C)c4C(=O)O)[C@@H](CCC(=O)ON[C@@H](C)C(=O)Oc1ccc(/C=C/C(=O)CC(=O)/C=C/c2ccc(O)c(OC)c2)cc1OC)C3C. The number of carboxylic acids is 2. The van der Waals surface area contributed by atoms with Crippen molar-refractivity contribution in [2.24, 2.45) is 0 Å². The molecule has 0 saturated carbocycles. The zero-order valence-electron chi connectivity index (χ0n) is 64.8. The number of nitrogens with zero attached hydrogens (tertiary/aromatic N) is 6. The Morgan fingerprint density at radius 2 is 1.40 bits per heavy atom. The summed E-state index contributed by atoms with van der Waals surface area (Å²) in [6, 6.07) is 19.4. The van der Waals surface area contributed by atoms with E-state index in [-0.39, 0.29) is 121 Å². The summed E-state index contributed by atoms with van der Waals surface area (Å²) in [5.74, 6) is -8.88. The van der Waals surface area contributed by atoms with Crippen molar-refractivity contribution < 1.29 is 96.8 Å². The Kier molecular flexibility index (Phi) is 28.7. The minimum Gasteiger partial charge on any atom is -0.504 e. The van der Waals surface area contributed by atoms with E-state index in [1.807, 2.05) is 39.8 Å². The highest BCUT2D eigenvalue weighted by molar-refractivity contribution is 6.11. The van der Waals surface area contributed by atoms with Crippen LogP contribution < -0.4 is 46.7 Å². The van der Waals surface area contributed by atoms with E-state index in [0.29, 0.717) is 68.3 Å². The zero-order valence-corrected chi connectivity index (χ0v) is 64.8. The molecule has 0 spiro atoms. The second kappa shape index (κ2) is 39.3. The second-order valence-corrected chi connectivity index (χ2v) is 26.8. The fourth-order valence-electron chi connectivity index (χ4n) is 12.8. The maximum absolute atomic E-state index is 14.4. The molecule has 0 fully saturated rings. The predicted molar refractivity (Wildman–Crippen MR) is 427 cm³/mol. The number of aromatic hydroxyl groups is 2. The van der Waals surface area contributed by atoms with Gasteiger partial charge in [0.15, 0.2) is 45.7 Å². The van der Waals surface area contributed by atoms with Crippen molar-refractivity contribution in [1.82, 2.24) is 61.3 Å². The molecular weight excluding hydrogens is 1500 g/mol. The minimum absolute atomic E-state index is 0.00143. The lowest BCUT2D eigenvalue weighted by atomic mass is 9.85. The van der Waals surface area contributed by atoms with Gasteiger partial charge in [0.25, 0.3) is 5.91 Å². The van der Waals surface area contributed by atoms with Crippen molar-refractivity contribution >= 4 is 127 Å². The third-order valence-electron chi connectivity index (χ3n) is 19.0. The number of hydrogen-bond donors (Lipinski definition) is 12. The smallest absolute Gasteiger partial charge is 0.354 e. The summed E-state index contributed by atoms with van der Waals surface area (Å²) in [4.78, 5) is 157. The first kappa shape index (κ1) is 84.9. The van der Waals surface area contributed by atoms with Gasteiger partial charge in [-0.3, -0.25) is 33.8 Å². The highest BCUT2D eigenvalue weighted by Gasteiger charge is 2.35. The molecule has 34 nitrogen and oxygen atoms in total. The molecule has 116 heavy (non-hydrogen) atoms. The Bertz CT molecular complexity index is 5400. The Labute approximate surface area is 664 Å². The van der Waals surface area contributed by atoms with Crippen molar-refractivity contribution in [3.05, 3.63) is 177 Å². The molecule has 13 N–H and O–H groups in total. The summed E-state index contributed by atoms with van der Waals surface area (Å²) < 4.78 is 32.8. The van der Waals surface area contributed by atoms with Gasteiger partial charge in [0, 0.05) is 76.0 Å². The maximum Gasteiger partial charge on any atom is 0.354 e. The molecule has 8 aromatic rings. The number of benzene rings is 3. The molecule has 3 amide bonds. The molecule has 4 atom stereocenters. The van der Waals surface area contributed by atoms with Crippen LogP contribution >= 0.6 is 0 Å². The van der Waals surface area contributed by atoms with Gasteiger partial charge in [-0.05, 0) is 153 Å². The van der Waals surface area contributed by atoms with Crippen LogP contribution in [0.4, 0.5) is 11.6 Å². The largest absolute Gasteiger partial charge is 0.504 e. The van der Waals surface area contributed by atoms with E-state index >= 15 is 0 Å². The Balaban J connectivity index is 0.749. The summed E-state index contributed by atoms with van der Waals surface area (Å²) in [6.07, 6.45) is 6.31. The van der Waals surface area contributed by atoms with Crippen molar-refractivity contribution in [3.63, 3.8) is 0 Å². The van der Waals surface area contributed by atoms with Crippen LogP contribution in [0.2, 0.25) is 0 Å². The van der Waals surface area contributed by atoms with E-state index in [1.54, 1.807) is 43.3 Å². The van der Waals surface area contributed by atoms with Gasteiger partial charge >= 0.3 is 23.9 Å². The molecule has 34 heteroatoms. The van der Waals surface area contributed by atoms with Crippen LogP contribution in [0.3, 0.4) is 0 Å². The number of anilines is 2. The third kappa shape index (κ3) is 21.6. The summed E-state index contributed by atoms with van der Waals surface area (Å²) in [7, 11) is 2.75. The number of phenols is 1. The van der Waals surface area contributed by atoms with E-state index in [2.05, 4.69) is 63.2 Å². The van der Waals surface area contributed by atoms with Crippen LogP contribution in [0.25, 0.3) is 62.6 Å². The van der Waals surface area contributed by atoms with Gasteiger partial charge in [0.2, 0.25) is 29.9 Å². The van der Waals surface area contributed by atoms with Crippen LogP contribution in [0.15, 0.2) is 104 Å². The van der Waals surface area contributed by atoms with Crippen molar-refractivity contribution in [2.45, 2.75) is 104 Å². The number of hydrogen-bond acceptors (Lipinski definition) is 27. The van der Waals surface area contributed by atoms with Gasteiger partial charge in [-0.25, -0.2) is 29.3 Å². The van der Waals surface area contributed by atoms with E-state index in [1.165, 1.54) is 88.0 Å². The number of allylic oxidation sites excluding steroid dienone is 4. The van der Waals surface area contributed by atoms with E-state index < -0.39 is 103 Å². The van der Waals surface area contributed by atoms with Crippen molar-refractivity contribution in [1.29, 1.82) is 0 Å². The topological polar surface area (TPSA) is 494 Å². The van der Waals surface area contributed by atoms with Gasteiger partial charge in [-0.1, -0.05) is 50.8 Å². The molecule has 3 aromatic carbocycles. The minimum atomic E-state index is -1.88. The number of amides is 3. The number of phenolic OH excluding ortho intramolecular Hbond substituents is 1. The second-order valence-electron chi connectivity index (χ2n) is 26.8. The van der Waals surface area contributed by atoms with Crippen LogP contribution in [0.5, 0.6) is 28.9 Å². The third-order valence-corrected chi connectivity index (χ3v) is 19.0. The van der Waals surface area contributed by atoms with Gasteiger partial charge in [0.1, 0.15) is 12.6 Å². The molecule has 5 aromatic heterocycles. The number of aryl methyl sites for hydroxylation is 2. The van der Waals surface area contributed by atoms with Crippen LogP contribution in [-0.2, 0) is 65.6 Å². The molecule has 0 saturated heterocycles. The van der Waals surface area contributed by atoms with Gasteiger partial charge in [-0.2, -0.15) is 9.97 Å². The van der Waals surface area contributed by atoms with E-state index in [0.717, 1.165) is 27.8 Å². The average Bonchev–Trinajstić information content (AvgIpc) is 1.60. The Morgan fingerprint density at radius 1 is 0.733 bits per heavy atom. The number of aliphatic carboxylic acids is 1. The number of ether oxygens (including phenoxy) is 6. The number of methoxy groups -OCH3 is 2. The molecule has 10 rings (SSSR count). The monoisotopic (exact) mass is 1590 g/mol. The first-order chi connectivity index (χ1) is 55.6. The number of nitrogens with one attached hydrogen (secondary N) is 7. The maximum atomic E-state index is 14.4. The fraction of sp³-hybridized carbons (Fsp3) is 0.305. The van der Waals surface area contributed by atoms with Crippen LogP contribution in [0.1, 0.15) is 148 Å². The number of aromatic carboxylic acids is 1. The number of hydroxylamine groups is 1. The lowest BCUT2D eigenvalue weighted by molar-refractivity contribution is -0.157. The van der Waals surface area contributed by atoms with E-state index in [4.69, 9.17) is 49.0 Å². The number of ketones is 2. The lowest BCUT2D eigenvalue weighted by Crippen LogP contribution is -2.44. The van der Waals surface area contributed by atoms with Gasteiger partial charge < -0.3 is 90.7 Å². The number of esters is 1. The summed E-state index contributed by atoms with van der Waals surface area (Å²) in [5, 5.41) is 51.6. The lowest BCUT2D eigenvalue weighted by Gasteiger charge is -2.19. The molecule has 606 valence electrons. The number of aromatic nitrogens is 8. The summed E-state index contributed by atoms with van der Waals surface area (Å²) in [6.45, 7) is 14.6. The summed E-state index contributed by atoms with van der Waals surface area (Å²) in [5.41, 5.74) is 18.5. The molecule has 0 aliphatic carbocycles. The predicted octanol–water partition coefficient (Wildman–Crippen LogP) is 8.60. The number of carbonyl (C=O) groups excluding carboxylic acids is 7. The molecule has 2 unspecified atom stereocenters. The fourth-order valence-corrected chi connectivity index (χ4v) is 12.8. The zero-order chi connectivity index (χ0) is 83.4. The van der Waals surface area contributed by atoms with E-state index in [9.17, 15) is 63.6 Å². The van der Waals surface area contributed by atoms with Gasteiger partial charge in [-0.15, -0.1) is 5.48 Å². The number of H-pyrrole nitrogens is 2. The normalized spacial score (nSPS) is 13.8. The molecule has 7 heterocycles. The number of carboxylic acid groups (broad SMARTS) is 2. The Hall–Kier alpha value is -13.6. The van der Waals surface area contributed by atoms with Crippen molar-refractivity contribution in [2.75, 3.05) is 71.4 Å². The van der Waals surface area contributed by atoms with Crippen LogP contribution in [-0.4, -0.2) is 186 Å². The molecular formula is C82H88N14O20. The highest BCUT2D eigenvalue weighted by atomic mass is 16.7. The molecule has 2 aliphatic rings. The van der Waals surface area contributed by atoms with Gasteiger partial charge in [0.05, 0.1) is 100 Å². The number of fused-ring (bicyclic) bond motifs is 9. The first-order valence-electron chi connectivity index (χ1n) is 36.8. The average molecular weight is 1590 g/mol. The highest BCUT2D eigenvalue weighted by Crippen LogP contribution is 2.44. The number of nitrogens with two attached hydrogens (primary N) is 1. The number of rotatable bonds is 38. The molecule has 0 radical (unpaired) electrons. The number of aromatic amines is 2. The number of carbonyl (C=O) groups is 9. The van der Waals surface area contributed by atoms with Crippen molar-refractivity contribution in [3.8, 4) is 28.9 Å². The number of nitrogen functional groups attached to an aromatic ring is 1. The summed E-state index contributed by atoms with van der Waals surface area (Å²) >= 11 is 0. The van der Waals surface area contributed by atoms with Crippen LogP contribution in [0, 0.1) is 13.8 Å². The molecule has 8 bridgehead atoms. The first-order valence-corrected chi connectivity index (χ1v) is 36.8. The standard InChI is InChI=1S/C82H88N14O20/c1-10-54-42(3)58-36-60-44(5)56(22-25-70(102)116-96-46(7)81(109)115-65-24-15-48(33-67(65)111-9)13-21-53(98)34-52(97)20-12-47-14-23-64(99)66(32-47)110-8)72(91-60)57(73-71(79(105)106)45(6)61(92-73)38-63-55(11-2)43(4)59(90-63)37-62(54)89-58)35-68(100)84-26-28-112-30-31-113-29-27-85-69(101)41-114-78(80(107)108)94-76(103)49-16-18-50(19-17-49)86-39-51-40-87-75-74(88-51)77(104)95-82(83)93-75/h10,12-21,23-24,32-33,36-38,40,44,46,56,78,86,89,92,96,99H,1,11,22,25-31,34-35,39,41H2,2-9H3,(H,84,100)(H,85,101)(H,94,103)(H,105,106)(H,107,108)(H3,83,87,93,95,104)/b20-12+,21-13+,58-36?,59-37?,60-36?,61-38?,62-37?,63-38?,72-57?,73-57?/t44?,46-,56-,78?/m0/s1. The molecule has 2 aliphatic heterocycles. The quantitative estimate of drug-likeness (QED) is 0.00327.